The summed E-state index contributed by atoms with van der Waals surface area (Å²) >= 11 is 94.7. The van der Waals surface area contributed by atoms with Crippen molar-refractivity contribution < 1.29 is 0 Å². The van der Waals surface area contributed by atoms with Crippen molar-refractivity contribution in [2.24, 2.45) is 0 Å². The van der Waals surface area contributed by atoms with Crippen molar-refractivity contribution in [1.29, 1.82) is 0 Å². The maximum absolute atomic E-state index is 7.19. The van der Waals surface area contributed by atoms with Gasteiger partial charge in [-0.05, 0) is 97.1 Å². The Morgan fingerprint density at radius 1 is 0.324 bits per heavy atom. The Labute approximate surface area is 477 Å². The molecule has 10 rings (SSSR count). The Kier molecular flexibility index (Phi) is 15.0. The van der Waals surface area contributed by atoms with Crippen LogP contribution in [0.5, 0.6) is 0 Å². The highest BCUT2D eigenvalue weighted by molar-refractivity contribution is 6.43. The molecule has 0 aliphatic heterocycles. The monoisotopic (exact) mass is 1200 g/mol. The van der Waals surface area contributed by atoms with Crippen LogP contribution in [0.3, 0.4) is 0 Å². The number of pyridine rings is 2. The van der Waals surface area contributed by atoms with Gasteiger partial charge in [0.05, 0.1) is 22.4 Å². The van der Waals surface area contributed by atoms with Crippen molar-refractivity contribution >= 4 is 184 Å². The van der Waals surface area contributed by atoms with Gasteiger partial charge in [0.1, 0.15) is 10.3 Å². The number of hydrogen-bond acceptors (Lipinski definition) is 2. The average molecular weight is 1210 g/mol. The first kappa shape index (κ1) is 51.2. The molecule has 0 N–H and O–H groups in total. The molecule has 0 amide bonds. The van der Waals surface area contributed by atoms with Crippen LogP contribution >= 0.6 is 162 Å². The van der Waals surface area contributed by atoms with E-state index in [2.05, 4.69) is 41.0 Å². The van der Waals surface area contributed by atoms with Gasteiger partial charge in [-0.25, -0.2) is 9.97 Å². The van der Waals surface area contributed by atoms with Gasteiger partial charge in [0, 0.05) is 133 Å². The lowest BCUT2D eigenvalue weighted by Gasteiger charge is -2.24. The molecule has 7 aromatic carbocycles. The first-order valence-electron chi connectivity index (χ1n) is 21.0. The number of rotatable bonds is 9. The fraction of sp³-hybridized carbons (Fsp3) is 0.0370. The van der Waals surface area contributed by atoms with Gasteiger partial charge in [-0.3, -0.25) is 0 Å². The zero-order valence-electron chi connectivity index (χ0n) is 35.6. The number of halogens is 14. The van der Waals surface area contributed by atoms with E-state index in [9.17, 15) is 0 Å². The van der Waals surface area contributed by atoms with Gasteiger partial charge in [-0.15, -0.1) is 0 Å². The summed E-state index contributed by atoms with van der Waals surface area (Å²) < 4.78 is 2.21. The summed E-state index contributed by atoms with van der Waals surface area (Å²) in [5.41, 5.74) is 8.69. The first-order valence-corrected chi connectivity index (χ1v) is 26.3. The lowest BCUT2D eigenvalue weighted by molar-refractivity contribution is 0.965. The first-order chi connectivity index (χ1) is 34.0. The van der Waals surface area contributed by atoms with E-state index in [-0.39, 0.29) is 50.5 Å². The molecule has 3 heterocycles. The molecule has 0 spiro atoms. The van der Waals surface area contributed by atoms with Gasteiger partial charge < -0.3 is 4.57 Å². The summed E-state index contributed by atoms with van der Waals surface area (Å²) in [5.74, 6) is -1.52. The summed E-state index contributed by atoms with van der Waals surface area (Å²) in [6.45, 7) is 0. The Bertz CT molecular complexity index is 3370. The van der Waals surface area contributed by atoms with Crippen LogP contribution in [0.2, 0.25) is 70.6 Å². The van der Waals surface area contributed by atoms with Crippen LogP contribution in [0.1, 0.15) is 45.2 Å². The molecule has 10 aromatic rings. The highest BCUT2D eigenvalue weighted by atomic mass is 35.5. The van der Waals surface area contributed by atoms with E-state index in [1.165, 1.54) is 0 Å². The largest absolute Gasteiger partial charge is 0.309 e. The highest BCUT2D eigenvalue weighted by Gasteiger charge is 2.32. The molecule has 0 bridgehead atoms. The molecule has 0 aliphatic rings. The molecule has 0 saturated carbocycles. The topological polar surface area (TPSA) is 30.7 Å². The van der Waals surface area contributed by atoms with Crippen molar-refractivity contribution in [2.75, 3.05) is 0 Å². The summed E-state index contributed by atoms with van der Waals surface area (Å²) in [5, 5.41) is 5.89. The molecular formula is C54H25Cl14N3. The van der Waals surface area contributed by atoms with Gasteiger partial charge in [-0.1, -0.05) is 205 Å². The fourth-order valence-electron chi connectivity index (χ4n) is 9.07. The van der Waals surface area contributed by atoms with Crippen molar-refractivity contribution in [3.05, 3.63) is 243 Å². The maximum atomic E-state index is 7.19. The average Bonchev–Trinajstić information content (AvgIpc) is 3.63. The molecule has 0 saturated heterocycles. The van der Waals surface area contributed by atoms with Crippen molar-refractivity contribution in [3.8, 4) is 28.2 Å². The lowest BCUT2D eigenvalue weighted by atomic mass is 9.85. The van der Waals surface area contributed by atoms with E-state index < -0.39 is 11.8 Å². The smallest absolute Gasteiger partial charge is 0.133 e. The summed E-state index contributed by atoms with van der Waals surface area (Å²) in [7, 11) is 0. The van der Waals surface area contributed by atoms with E-state index in [1.807, 2.05) is 54.6 Å². The van der Waals surface area contributed by atoms with Gasteiger partial charge in [0.15, 0.2) is 0 Å². The van der Waals surface area contributed by atoms with E-state index in [0.29, 0.717) is 64.9 Å². The van der Waals surface area contributed by atoms with Crippen molar-refractivity contribution in [1.82, 2.24) is 14.5 Å². The van der Waals surface area contributed by atoms with E-state index >= 15 is 0 Å². The van der Waals surface area contributed by atoms with Crippen LogP contribution < -0.4 is 0 Å². The van der Waals surface area contributed by atoms with E-state index in [0.717, 1.165) is 38.6 Å². The zero-order valence-corrected chi connectivity index (χ0v) is 46.1. The predicted molar refractivity (Wildman–Crippen MR) is 305 cm³/mol. The maximum Gasteiger partial charge on any atom is 0.133 e. The quantitative estimate of drug-likeness (QED) is 0.135. The molecule has 3 aromatic heterocycles. The summed E-state index contributed by atoms with van der Waals surface area (Å²) in [4.78, 5) is 9.91. The molecule has 0 fully saturated rings. The fourth-order valence-corrected chi connectivity index (χ4v) is 13.7. The number of benzene rings is 7. The Balaban J connectivity index is 1.11. The number of para-hydroxylation sites is 1. The zero-order chi connectivity index (χ0) is 50.2. The minimum absolute atomic E-state index is 0.167. The van der Waals surface area contributed by atoms with E-state index in [4.69, 9.17) is 172 Å². The Morgan fingerprint density at radius 2 is 0.634 bits per heavy atom. The van der Waals surface area contributed by atoms with E-state index in [1.54, 1.807) is 48.5 Å². The van der Waals surface area contributed by atoms with Gasteiger partial charge in [0.25, 0.3) is 0 Å². The third-order valence-electron chi connectivity index (χ3n) is 12.1. The molecular weight excluding hydrogens is 1190 g/mol. The summed E-state index contributed by atoms with van der Waals surface area (Å²) in [6, 6.07) is 42.7. The molecule has 17 heteroatoms. The van der Waals surface area contributed by atoms with Crippen LogP contribution in [-0.4, -0.2) is 14.5 Å². The van der Waals surface area contributed by atoms with Crippen LogP contribution in [-0.2, 0) is 0 Å². The van der Waals surface area contributed by atoms with Crippen molar-refractivity contribution in [3.63, 3.8) is 0 Å². The lowest BCUT2D eigenvalue weighted by Crippen LogP contribution is -2.09. The standard InChI is InChI=1S/C54H25Cl14N3/c55-26-16-35(59)49(36(60)17-26)47(50-37(61)18-27(56)19-38(50)62)31-8-10-43(69-53(31)67)24-6-12-45-33(14-24)34-15-25(7-13-46(34)71(45)30-4-2-1-3-5-30)44-11-9-32(54(68)70-44)48(51-39(63)20-28(57)21-40(51)64)52-41(65)22-29(58)23-42(52)66/h1-23,47-48H. The SMILES string of the molecule is Clc1cc(Cl)c(C(c2ccc(-c3ccc4c(c3)c3cc(-c5ccc(C(c6c(Cl)cc(Cl)cc6Cl)c6c(Cl)cc(Cl)cc6Cl)c(Cl)n5)ccc3n4-c3ccccc3)nc2Cl)c2c(Cl)cc(Cl)cc2Cl)c(Cl)c1. The van der Waals surface area contributed by atoms with Gasteiger partial charge >= 0.3 is 0 Å². The Hall–Kier alpha value is -3.30. The van der Waals surface area contributed by atoms with Crippen molar-refractivity contribution in [2.45, 2.75) is 11.8 Å². The van der Waals surface area contributed by atoms with Crippen LogP contribution in [0.15, 0.2) is 140 Å². The van der Waals surface area contributed by atoms with Crippen LogP contribution in [0.25, 0.3) is 50.0 Å². The molecule has 354 valence electrons. The van der Waals surface area contributed by atoms with Crippen LogP contribution in [0.4, 0.5) is 0 Å². The molecule has 0 aliphatic carbocycles. The highest BCUT2D eigenvalue weighted by Crippen LogP contribution is 2.51. The molecule has 0 unspecified atom stereocenters. The number of hydrogen-bond donors (Lipinski definition) is 0. The second-order valence-corrected chi connectivity index (χ2v) is 22.0. The Morgan fingerprint density at radius 3 is 0.930 bits per heavy atom. The van der Waals surface area contributed by atoms with Gasteiger partial charge in [-0.2, -0.15) is 0 Å². The molecule has 3 nitrogen and oxygen atoms in total. The third-order valence-corrected chi connectivity index (χ3v) is 16.1. The molecule has 71 heavy (non-hydrogen) atoms. The number of fused-ring (bicyclic) bond motifs is 3. The predicted octanol–water partition coefficient (Wildman–Crippen LogP) is 22.4. The van der Waals surface area contributed by atoms with Crippen LogP contribution in [0, 0.1) is 0 Å². The van der Waals surface area contributed by atoms with Gasteiger partial charge in [0.2, 0.25) is 0 Å². The number of aromatic nitrogens is 3. The third kappa shape index (κ3) is 9.81. The normalized spacial score (nSPS) is 11.8. The minimum Gasteiger partial charge on any atom is -0.309 e. The number of nitrogens with zero attached hydrogens (tertiary/aromatic N) is 3. The summed E-state index contributed by atoms with van der Waals surface area (Å²) in [6.07, 6.45) is 0. The minimum atomic E-state index is -0.758. The molecule has 0 radical (unpaired) electrons. The second-order valence-electron chi connectivity index (χ2n) is 16.3. The second kappa shape index (κ2) is 20.8. The molecule has 0 atom stereocenters.